The Bertz CT molecular complexity index is 404. The summed E-state index contributed by atoms with van der Waals surface area (Å²) in [5, 5.41) is 6.93. The highest BCUT2D eigenvalue weighted by Crippen LogP contribution is 2.19. The van der Waals surface area contributed by atoms with E-state index in [0.29, 0.717) is 24.4 Å². The molecule has 0 aromatic carbocycles. The number of nitrogens with one attached hydrogen (secondary N) is 2. The van der Waals surface area contributed by atoms with E-state index in [1.807, 2.05) is 19.9 Å². The lowest BCUT2D eigenvalue weighted by molar-refractivity contribution is 0.325. The zero-order valence-corrected chi connectivity index (χ0v) is 12.1. The summed E-state index contributed by atoms with van der Waals surface area (Å²) in [6, 6.07) is 2.28. The van der Waals surface area contributed by atoms with Gasteiger partial charge in [0.15, 0.2) is 0 Å². The Morgan fingerprint density at radius 1 is 1.53 bits per heavy atom. The topological polar surface area (TPSA) is 59.1 Å². The van der Waals surface area contributed by atoms with Crippen molar-refractivity contribution in [2.24, 2.45) is 5.92 Å². The van der Waals surface area contributed by atoms with Crippen molar-refractivity contribution in [1.82, 2.24) is 15.3 Å². The van der Waals surface area contributed by atoms with Gasteiger partial charge < -0.3 is 15.4 Å². The van der Waals surface area contributed by atoms with Crippen LogP contribution in [0.15, 0.2) is 6.07 Å². The van der Waals surface area contributed by atoms with Gasteiger partial charge in [-0.05, 0) is 52.6 Å². The molecule has 0 radical (unpaired) electrons. The summed E-state index contributed by atoms with van der Waals surface area (Å²) in [7, 11) is 0. The van der Waals surface area contributed by atoms with E-state index < -0.39 is 0 Å². The summed E-state index contributed by atoms with van der Waals surface area (Å²) < 4.78 is 5.45. The van der Waals surface area contributed by atoms with Crippen LogP contribution >= 0.6 is 0 Å². The van der Waals surface area contributed by atoms with Crippen LogP contribution < -0.4 is 15.4 Å². The van der Waals surface area contributed by atoms with Crippen molar-refractivity contribution in [3.8, 4) is 5.88 Å². The normalized spacial score (nSPS) is 20.9. The Morgan fingerprint density at radius 2 is 2.37 bits per heavy atom. The highest BCUT2D eigenvalue weighted by atomic mass is 16.5. The molecule has 19 heavy (non-hydrogen) atoms. The minimum Gasteiger partial charge on any atom is -0.478 e. The van der Waals surface area contributed by atoms with Crippen molar-refractivity contribution in [3.63, 3.8) is 0 Å². The van der Waals surface area contributed by atoms with Gasteiger partial charge in [-0.1, -0.05) is 0 Å². The molecular formula is C14H24N4O. The SMILES string of the molecule is CCOc1cc(NC(C)C2CCCNC2)nc(C)n1. The third-order valence-electron chi connectivity index (χ3n) is 3.52. The molecule has 2 heterocycles. The van der Waals surface area contributed by atoms with Crippen molar-refractivity contribution >= 4 is 5.82 Å². The summed E-state index contributed by atoms with van der Waals surface area (Å²) in [4.78, 5) is 8.69. The van der Waals surface area contributed by atoms with Gasteiger partial charge in [-0.2, -0.15) is 4.98 Å². The summed E-state index contributed by atoms with van der Waals surface area (Å²) in [5.41, 5.74) is 0. The zero-order chi connectivity index (χ0) is 13.7. The fourth-order valence-electron chi connectivity index (χ4n) is 2.49. The lowest BCUT2D eigenvalue weighted by Crippen LogP contribution is -2.38. The molecule has 0 amide bonds. The number of ether oxygens (including phenoxy) is 1. The number of piperidine rings is 1. The van der Waals surface area contributed by atoms with E-state index in [1.165, 1.54) is 12.8 Å². The molecule has 0 saturated carbocycles. The van der Waals surface area contributed by atoms with E-state index in [-0.39, 0.29) is 0 Å². The average molecular weight is 264 g/mol. The molecule has 106 valence electrons. The van der Waals surface area contributed by atoms with Gasteiger partial charge >= 0.3 is 0 Å². The van der Waals surface area contributed by atoms with E-state index in [0.717, 1.165) is 24.7 Å². The van der Waals surface area contributed by atoms with Gasteiger partial charge in [-0.3, -0.25) is 0 Å². The molecule has 0 aliphatic carbocycles. The maximum atomic E-state index is 5.45. The molecule has 1 saturated heterocycles. The molecule has 0 spiro atoms. The fraction of sp³-hybridized carbons (Fsp3) is 0.714. The summed E-state index contributed by atoms with van der Waals surface area (Å²) >= 11 is 0. The van der Waals surface area contributed by atoms with E-state index in [9.17, 15) is 0 Å². The smallest absolute Gasteiger partial charge is 0.218 e. The summed E-state index contributed by atoms with van der Waals surface area (Å²) in [5.74, 6) is 2.89. The van der Waals surface area contributed by atoms with E-state index in [2.05, 4.69) is 27.5 Å². The van der Waals surface area contributed by atoms with Crippen LogP contribution in [-0.2, 0) is 0 Å². The van der Waals surface area contributed by atoms with Crippen LogP contribution in [0.25, 0.3) is 0 Å². The quantitative estimate of drug-likeness (QED) is 0.851. The first-order valence-corrected chi connectivity index (χ1v) is 7.14. The van der Waals surface area contributed by atoms with Gasteiger partial charge in [0.1, 0.15) is 11.6 Å². The predicted molar refractivity (Wildman–Crippen MR) is 76.6 cm³/mol. The molecule has 1 aromatic rings. The van der Waals surface area contributed by atoms with E-state index in [1.54, 1.807) is 0 Å². The summed E-state index contributed by atoms with van der Waals surface area (Å²) in [6.45, 7) is 8.91. The highest BCUT2D eigenvalue weighted by Gasteiger charge is 2.20. The number of anilines is 1. The number of hydrogen-bond donors (Lipinski definition) is 2. The van der Waals surface area contributed by atoms with Gasteiger partial charge in [0.25, 0.3) is 0 Å². The number of aryl methyl sites for hydroxylation is 1. The third-order valence-corrected chi connectivity index (χ3v) is 3.52. The Labute approximate surface area is 115 Å². The molecule has 2 unspecified atom stereocenters. The number of rotatable bonds is 5. The lowest BCUT2D eigenvalue weighted by atomic mass is 9.93. The zero-order valence-electron chi connectivity index (χ0n) is 12.1. The van der Waals surface area contributed by atoms with Gasteiger partial charge in [-0.15, -0.1) is 0 Å². The Morgan fingerprint density at radius 3 is 3.05 bits per heavy atom. The molecule has 0 bridgehead atoms. The van der Waals surface area contributed by atoms with Crippen LogP contribution in [0.4, 0.5) is 5.82 Å². The number of aromatic nitrogens is 2. The molecule has 2 atom stereocenters. The third kappa shape index (κ3) is 4.06. The van der Waals surface area contributed by atoms with E-state index in [4.69, 9.17) is 4.74 Å². The van der Waals surface area contributed by atoms with E-state index >= 15 is 0 Å². The maximum Gasteiger partial charge on any atom is 0.218 e. The molecule has 2 rings (SSSR count). The standard InChI is InChI=1S/C14H24N4O/c1-4-19-14-8-13(17-11(3)18-14)16-10(2)12-6-5-7-15-9-12/h8,10,12,15H,4-7,9H2,1-3H3,(H,16,17,18). The first-order valence-electron chi connectivity index (χ1n) is 7.14. The van der Waals surface area contributed by atoms with Crippen LogP contribution in [0.3, 0.4) is 0 Å². The lowest BCUT2D eigenvalue weighted by Gasteiger charge is -2.29. The van der Waals surface area contributed by atoms with Gasteiger partial charge in [0.05, 0.1) is 6.61 Å². The first kappa shape index (κ1) is 14.1. The Hall–Kier alpha value is -1.36. The van der Waals surface area contributed by atoms with Gasteiger partial charge in [0, 0.05) is 12.1 Å². The van der Waals surface area contributed by atoms with Crippen molar-refractivity contribution in [1.29, 1.82) is 0 Å². The molecule has 2 N–H and O–H groups in total. The molecule has 5 nitrogen and oxygen atoms in total. The second-order valence-corrected chi connectivity index (χ2v) is 5.11. The number of hydrogen-bond acceptors (Lipinski definition) is 5. The second kappa shape index (κ2) is 6.70. The minimum atomic E-state index is 0.400. The van der Waals surface area contributed by atoms with Crippen molar-refractivity contribution in [2.45, 2.75) is 39.7 Å². The Kier molecular flexibility index (Phi) is 4.96. The molecular weight excluding hydrogens is 240 g/mol. The van der Waals surface area contributed by atoms with Crippen molar-refractivity contribution in [2.75, 3.05) is 25.0 Å². The fourth-order valence-corrected chi connectivity index (χ4v) is 2.49. The Balaban J connectivity index is 2.00. The molecule has 1 fully saturated rings. The van der Waals surface area contributed by atoms with Gasteiger partial charge in [0.2, 0.25) is 5.88 Å². The second-order valence-electron chi connectivity index (χ2n) is 5.11. The molecule has 1 aliphatic heterocycles. The van der Waals surface area contributed by atoms with Crippen LogP contribution in [0.5, 0.6) is 5.88 Å². The molecule has 5 heteroatoms. The van der Waals surface area contributed by atoms with Crippen LogP contribution in [-0.4, -0.2) is 35.7 Å². The van der Waals surface area contributed by atoms with Gasteiger partial charge in [-0.25, -0.2) is 4.98 Å². The first-order chi connectivity index (χ1) is 9.19. The average Bonchev–Trinajstić information content (AvgIpc) is 2.39. The van der Waals surface area contributed by atoms with Crippen molar-refractivity contribution in [3.05, 3.63) is 11.9 Å². The molecule has 1 aromatic heterocycles. The maximum absolute atomic E-state index is 5.45. The molecule has 1 aliphatic rings. The van der Waals surface area contributed by atoms with Crippen molar-refractivity contribution < 1.29 is 4.74 Å². The largest absolute Gasteiger partial charge is 0.478 e. The number of nitrogens with zero attached hydrogens (tertiary/aromatic N) is 2. The predicted octanol–water partition coefficient (Wildman–Crippen LogP) is 1.98. The van der Waals surface area contributed by atoms with Crippen LogP contribution in [0, 0.1) is 12.8 Å². The monoisotopic (exact) mass is 264 g/mol. The highest BCUT2D eigenvalue weighted by molar-refractivity contribution is 5.39. The van der Waals surface area contributed by atoms with Crippen LogP contribution in [0.1, 0.15) is 32.5 Å². The van der Waals surface area contributed by atoms with Crippen LogP contribution in [0.2, 0.25) is 0 Å². The minimum absolute atomic E-state index is 0.400. The summed E-state index contributed by atoms with van der Waals surface area (Å²) in [6.07, 6.45) is 2.52.